The summed E-state index contributed by atoms with van der Waals surface area (Å²) in [4.78, 5) is 24.6. The van der Waals surface area contributed by atoms with Crippen LogP contribution >= 0.6 is 11.8 Å². The van der Waals surface area contributed by atoms with Crippen molar-refractivity contribution in [2.24, 2.45) is 5.92 Å². The van der Waals surface area contributed by atoms with Crippen molar-refractivity contribution < 1.29 is 19.1 Å². The molecule has 0 aromatic heterocycles. The molecule has 1 unspecified atom stereocenters. The van der Waals surface area contributed by atoms with Gasteiger partial charge < -0.3 is 14.8 Å². The third kappa shape index (κ3) is 7.77. The fraction of sp³-hybridized carbons (Fsp3) is 0.565. The van der Waals surface area contributed by atoms with Crippen LogP contribution in [0, 0.1) is 5.92 Å². The number of esters is 1. The number of allylic oxidation sites excluding steroid dienone is 2. The Labute approximate surface area is 178 Å². The Balaban J connectivity index is 1.91. The molecule has 0 saturated carbocycles. The van der Waals surface area contributed by atoms with Gasteiger partial charge in [-0.25, -0.2) is 9.59 Å². The Morgan fingerprint density at radius 2 is 1.97 bits per heavy atom. The molecule has 2 rings (SSSR count). The highest BCUT2D eigenvalue weighted by atomic mass is 32.2. The van der Waals surface area contributed by atoms with Gasteiger partial charge in [0, 0.05) is 10.5 Å². The van der Waals surface area contributed by atoms with Gasteiger partial charge >= 0.3 is 12.1 Å². The largest absolute Gasteiger partial charge is 0.464 e. The summed E-state index contributed by atoms with van der Waals surface area (Å²) in [5.41, 5.74) is 2.35. The van der Waals surface area contributed by atoms with Gasteiger partial charge in [0.15, 0.2) is 0 Å². The Morgan fingerprint density at radius 1 is 1.24 bits per heavy atom. The van der Waals surface area contributed by atoms with Crippen molar-refractivity contribution >= 4 is 23.8 Å². The molecule has 6 heteroatoms. The Morgan fingerprint density at radius 3 is 2.59 bits per heavy atom. The van der Waals surface area contributed by atoms with Crippen LogP contribution in [0.5, 0.6) is 0 Å². The number of nitrogens with one attached hydrogen (secondary N) is 1. The van der Waals surface area contributed by atoms with E-state index in [0.29, 0.717) is 11.7 Å². The molecule has 1 aromatic rings. The predicted octanol–water partition coefficient (Wildman–Crippen LogP) is 5.10. The van der Waals surface area contributed by atoms with Crippen LogP contribution in [-0.2, 0) is 20.9 Å². The van der Waals surface area contributed by atoms with E-state index < -0.39 is 18.1 Å². The first-order valence-electron chi connectivity index (χ1n) is 10.2. The number of benzene rings is 1. The van der Waals surface area contributed by atoms with Crippen molar-refractivity contribution in [3.63, 3.8) is 0 Å². The second kappa shape index (κ2) is 11.3. The van der Waals surface area contributed by atoms with Gasteiger partial charge in [-0.05, 0) is 44.6 Å². The minimum absolute atomic E-state index is 0.00241. The normalized spacial score (nSPS) is 17.8. The summed E-state index contributed by atoms with van der Waals surface area (Å²) in [5.74, 6) is 0.571. The van der Waals surface area contributed by atoms with Crippen LogP contribution in [0.4, 0.5) is 4.79 Å². The molecule has 29 heavy (non-hydrogen) atoms. The van der Waals surface area contributed by atoms with Gasteiger partial charge in [-0.2, -0.15) is 11.8 Å². The van der Waals surface area contributed by atoms with Crippen LogP contribution in [0.25, 0.3) is 0 Å². The quantitative estimate of drug-likeness (QED) is 0.445. The third-order valence-corrected chi connectivity index (χ3v) is 6.90. The van der Waals surface area contributed by atoms with E-state index in [-0.39, 0.29) is 18.0 Å². The van der Waals surface area contributed by atoms with Crippen molar-refractivity contribution in [2.75, 3.05) is 12.4 Å². The van der Waals surface area contributed by atoms with Crippen molar-refractivity contribution in [2.45, 2.75) is 64.4 Å². The Bertz CT molecular complexity index is 702. The van der Waals surface area contributed by atoms with Gasteiger partial charge in [0.2, 0.25) is 0 Å². The van der Waals surface area contributed by atoms with Crippen LogP contribution in [0.15, 0.2) is 42.0 Å². The Kier molecular flexibility index (Phi) is 9.08. The van der Waals surface area contributed by atoms with Gasteiger partial charge in [0.1, 0.15) is 12.6 Å². The molecule has 160 valence electrons. The van der Waals surface area contributed by atoms with E-state index in [1.807, 2.05) is 30.3 Å². The van der Waals surface area contributed by atoms with Gasteiger partial charge in [-0.1, -0.05) is 55.8 Å². The van der Waals surface area contributed by atoms with Gasteiger partial charge in [0.05, 0.1) is 6.61 Å². The molecule has 0 saturated heterocycles. The summed E-state index contributed by atoms with van der Waals surface area (Å²) in [6, 6.07) is 8.72. The second-order valence-corrected chi connectivity index (χ2v) is 9.62. The lowest BCUT2D eigenvalue weighted by Gasteiger charge is -2.36. The first-order chi connectivity index (χ1) is 13.8. The number of rotatable bonds is 9. The zero-order chi connectivity index (χ0) is 21.3. The van der Waals surface area contributed by atoms with Crippen LogP contribution < -0.4 is 5.32 Å². The van der Waals surface area contributed by atoms with Crippen LogP contribution in [0.3, 0.4) is 0 Å². The molecule has 0 radical (unpaired) electrons. The number of alkyl carbamates (subject to hydrolysis) is 1. The molecule has 0 aliphatic heterocycles. The SMILES string of the molecule is CCOC(=O)[C@H](CSC(C)(C)C1CC=C(C)CC1)NC(=O)OCc1ccccc1. The zero-order valence-corrected chi connectivity index (χ0v) is 18.7. The van der Waals surface area contributed by atoms with Crippen LogP contribution in [0.2, 0.25) is 0 Å². The number of amides is 1. The second-order valence-electron chi connectivity index (χ2n) is 7.95. The molecule has 0 spiro atoms. The number of ether oxygens (including phenoxy) is 2. The maximum Gasteiger partial charge on any atom is 0.408 e. The van der Waals surface area contributed by atoms with Crippen LogP contribution in [-0.4, -0.2) is 35.2 Å². The standard InChI is InChI=1S/C23H33NO4S/c1-5-27-21(25)20(24-22(26)28-15-18-9-7-6-8-10-18)16-29-23(3,4)19-13-11-17(2)12-14-19/h6-11,19-20H,5,12-16H2,1-4H3,(H,24,26)/t19?,20-/m0/s1. The van der Waals surface area contributed by atoms with E-state index in [9.17, 15) is 9.59 Å². The van der Waals surface area contributed by atoms with E-state index in [1.54, 1.807) is 18.7 Å². The van der Waals surface area contributed by atoms with E-state index in [0.717, 1.165) is 24.8 Å². The van der Waals surface area contributed by atoms with Gasteiger partial charge in [-0.3, -0.25) is 0 Å². The summed E-state index contributed by atoms with van der Waals surface area (Å²) < 4.78 is 10.4. The number of hydrogen-bond donors (Lipinski definition) is 1. The monoisotopic (exact) mass is 419 g/mol. The summed E-state index contributed by atoms with van der Waals surface area (Å²) in [7, 11) is 0. The highest BCUT2D eigenvalue weighted by Crippen LogP contribution is 2.40. The molecular weight excluding hydrogens is 386 g/mol. The van der Waals surface area contributed by atoms with Crippen molar-refractivity contribution in [1.82, 2.24) is 5.32 Å². The number of thioether (sulfide) groups is 1. The number of hydrogen-bond acceptors (Lipinski definition) is 5. The average molecular weight is 420 g/mol. The molecule has 1 aliphatic carbocycles. The molecule has 0 fully saturated rings. The van der Waals surface area contributed by atoms with Crippen molar-refractivity contribution in [1.29, 1.82) is 0 Å². The minimum atomic E-state index is -0.733. The first-order valence-corrected chi connectivity index (χ1v) is 11.2. The summed E-state index contributed by atoms with van der Waals surface area (Å²) in [6.07, 6.45) is 5.04. The van der Waals surface area contributed by atoms with Gasteiger partial charge in [0.25, 0.3) is 0 Å². The lowest BCUT2D eigenvalue weighted by Crippen LogP contribution is -2.45. The third-order valence-electron chi connectivity index (χ3n) is 5.32. The number of carbonyl (C=O) groups is 2. The lowest BCUT2D eigenvalue weighted by atomic mass is 9.82. The molecule has 1 aliphatic rings. The topological polar surface area (TPSA) is 64.6 Å². The van der Waals surface area contributed by atoms with E-state index in [4.69, 9.17) is 9.47 Å². The molecule has 2 atom stereocenters. The summed E-state index contributed by atoms with van der Waals surface area (Å²) in [6.45, 7) is 8.81. The molecular formula is C23H33NO4S. The summed E-state index contributed by atoms with van der Waals surface area (Å²) >= 11 is 1.70. The smallest absolute Gasteiger partial charge is 0.408 e. The highest BCUT2D eigenvalue weighted by Gasteiger charge is 2.33. The fourth-order valence-electron chi connectivity index (χ4n) is 3.33. The molecule has 0 heterocycles. The number of carbonyl (C=O) groups excluding carboxylic acids is 2. The molecule has 0 bridgehead atoms. The lowest BCUT2D eigenvalue weighted by molar-refractivity contribution is -0.144. The molecule has 1 aromatic carbocycles. The first kappa shape index (κ1) is 23.3. The van der Waals surface area contributed by atoms with E-state index in [1.165, 1.54) is 5.57 Å². The highest BCUT2D eigenvalue weighted by molar-refractivity contribution is 8.00. The molecule has 5 nitrogen and oxygen atoms in total. The van der Waals surface area contributed by atoms with Crippen molar-refractivity contribution in [3.05, 3.63) is 47.5 Å². The predicted molar refractivity (Wildman–Crippen MR) is 118 cm³/mol. The maximum absolute atomic E-state index is 12.4. The maximum atomic E-state index is 12.4. The van der Waals surface area contributed by atoms with Crippen LogP contribution in [0.1, 0.15) is 52.5 Å². The van der Waals surface area contributed by atoms with Crippen molar-refractivity contribution in [3.8, 4) is 0 Å². The summed E-state index contributed by atoms with van der Waals surface area (Å²) in [5, 5.41) is 2.69. The zero-order valence-electron chi connectivity index (χ0n) is 17.9. The molecule has 1 amide bonds. The van der Waals surface area contributed by atoms with E-state index in [2.05, 4.69) is 32.2 Å². The van der Waals surface area contributed by atoms with Gasteiger partial charge in [-0.15, -0.1) is 0 Å². The fourth-order valence-corrected chi connectivity index (χ4v) is 4.60. The Hall–Kier alpha value is -1.95. The minimum Gasteiger partial charge on any atom is -0.464 e. The van der Waals surface area contributed by atoms with E-state index >= 15 is 0 Å². The average Bonchev–Trinajstić information content (AvgIpc) is 2.71. The molecule has 1 N–H and O–H groups in total.